The summed E-state index contributed by atoms with van der Waals surface area (Å²) in [7, 11) is -5.39. The van der Waals surface area contributed by atoms with Crippen molar-refractivity contribution in [2.45, 2.75) is 329 Å². The van der Waals surface area contributed by atoms with Crippen molar-refractivity contribution in [3.63, 3.8) is 0 Å². The number of aliphatic hydroxyl groups is 9. The average molecular weight is 1700 g/mol. The molecule has 0 fully saturated rings. The summed E-state index contributed by atoms with van der Waals surface area (Å²) in [5.41, 5.74) is 0. The predicted octanol–water partition coefficient (Wildman–Crippen LogP) is 12.4. The van der Waals surface area contributed by atoms with Gasteiger partial charge in [0, 0.05) is 0 Å². The molecule has 0 aliphatic carbocycles. The molecule has 0 saturated carbocycles. The molecule has 0 unspecified atom stereocenters. The molecule has 116 heavy (non-hydrogen) atoms. The van der Waals surface area contributed by atoms with E-state index in [2.05, 4.69) is 20.8 Å². The maximum Gasteiger partial charge on any atom is 0.103 e. The minimum absolute atomic E-state index is 0.0400. The van der Waals surface area contributed by atoms with Gasteiger partial charge in [0.2, 0.25) is 0 Å². The van der Waals surface area contributed by atoms with Crippen LogP contribution in [0.4, 0.5) is 0 Å². The summed E-state index contributed by atoms with van der Waals surface area (Å²) in [6.07, 6.45) is 65.6. The fraction of sp³-hybridized carbons (Fsp3) is 1.00. The van der Waals surface area contributed by atoms with Crippen molar-refractivity contribution in [3.05, 3.63) is 0 Å². The fourth-order valence-electron chi connectivity index (χ4n) is 14.8. The Hall–Kier alpha value is -0.730. The zero-order valence-electron chi connectivity index (χ0n) is 75.6. The molecule has 0 aromatic heterocycles. The maximum atomic E-state index is 9.04. The van der Waals surface area contributed by atoms with E-state index in [4.69, 9.17) is 108 Å². The third-order valence-corrected chi connectivity index (χ3v) is 22.0. The first kappa shape index (κ1) is 122. The zero-order valence-corrected chi connectivity index (χ0v) is 76.5. The van der Waals surface area contributed by atoms with Crippen LogP contribution in [-0.4, -0.2) is 316 Å². The third kappa shape index (κ3) is 100. The highest BCUT2D eigenvalue weighted by Crippen LogP contribution is 2.21. The number of quaternary nitrogens is 3. The Labute approximate surface area is 711 Å². The van der Waals surface area contributed by atoms with E-state index >= 15 is 0 Å². The van der Waals surface area contributed by atoms with Crippen LogP contribution in [0.5, 0.6) is 0 Å². The summed E-state index contributed by atoms with van der Waals surface area (Å²) in [6.45, 7) is 26.6. The number of ether oxygens (including phenoxy) is 9. The lowest BCUT2D eigenvalue weighted by molar-refractivity contribution is -0.929. The summed E-state index contributed by atoms with van der Waals surface area (Å²) in [5.74, 6) is 0. The average Bonchev–Trinajstić information content (AvgIpc) is 0.884. The lowest BCUT2D eigenvalue weighted by Crippen LogP contribution is -2.54. The van der Waals surface area contributed by atoms with Crippen LogP contribution in [0.25, 0.3) is 0 Å². The Morgan fingerprint density at radius 3 is 0.362 bits per heavy atom. The molecule has 0 heterocycles. The van der Waals surface area contributed by atoms with Crippen molar-refractivity contribution < 1.29 is 121 Å². The monoisotopic (exact) mass is 1700 g/mol. The summed E-state index contributed by atoms with van der Waals surface area (Å²) >= 11 is 0. The fourth-order valence-corrected chi connectivity index (χ4v) is 14.8. The van der Waals surface area contributed by atoms with Gasteiger partial charge in [0.25, 0.3) is 0 Å². The Bertz CT molecular complexity index is 1530. The number of nitrogens with zero attached hydrogens (tertiary/aromatic N) is 3. The lowest BCUT2D eigenvalue weighted by Gasteiger charge is -2.39. The predicted molar refractivity (Wildman–Crippen MR) is 467 cm³/mol. The molecule has 0 rings (SSSR count). The normalized spacial score (nSPS) is 12.0. The number of rotatable bonds is 96. The van der Waals surface area contributed by atoms with Crippen LogP contribution >= 0.6 is 7.82 Å². The molecule has 0 aliphatic heterocycles. The van der Waals surface area contributed by atoms with Crippen molar-refractivity contribution in [3.8, 4) is 0 Å². The molecule has 9 N–H and O–H groups in total. The quantitative estimate of drug-likeness (QED) is 0.0155. The molecule has 25 nitrogen and oxygen atoms in total. The standard InChI is InChI=1S/3C30H64NO6.H3O4P/c3*1-2-3-4-5-6-7-8-9-10-11-12-13-14-15-16-17-18-31(19-25-35-28-22-32,20-26-36-29-23-33)21-27-37-30-24-34;1-5(2,3)4/h3*32-34H,2-30H2,1H3;(H3,1,2,3,4)/q3*+1;/p-3. The first-order chi connectivity index (χ1) is 56.7. The highest BCUT2D eigenvalue weighted by atomic mass is 31.2. The second-order valence-corrected chi connectivity index (χ2v) is 33.0. The molecule has 0 radical (unpaired) electrons. The van der Waals surface area contributed by atoms with Gasteiger partial charge in [0.15, 0.2) is 0 Å². The Morgan fingerprint density at radius 1 is 0.172 bits per heavy atom. The minimum Gasteiger partial charge on any atom is -0.822 e. The molecular formula is C90H192N3O22P. The van der Waals surface area contributed by atoms with Crippen molar-refractivity contribution in [1.82, 2.24) is 0 Å². The van der Waals surface area contributed by atoms with Gasteiger partial charge in [-0.3, -0.25) is 0 Å². The van der Waals surface area contributed by atoms with Gasteiger partial charge in [0.1, 0.15) is 58.9 Å². The topological polar surface area (TPSA) is 351 Å². The van der Waals surface area contributed by atoms with E-state index in [-0.39, 0.29) is 59.5 Å². The van der Waals surface area contributed by atoms with Crippen LogP contribution in [0.15, 0.2) is 0 Å². The summed E-state index contributed by atoms with van der Waals surface area (Å²) in [6, 6.07) is 0. The minimum atomic E-state index is -5.39. The first-order valence-electron chi connectivity index (χ1n) is 47.7. The van der Waals surface area contributed by atoms with Crippen molar-refractivity contribution in [2.75, 3.05) is 257 Å². The van der Waals surface area contributed by atoms with E-state index in [9.17, 15) is 0 Å². The first-order valence-corrected chi connectivity index (χ1v) is 49.1. The summed E-state index contributed by atoms with van der Waals surface area (Å²) in [4.78, 5) is 25.6. The van der Waals surface area contributed by atoms with E-state index in [1.165, 1.54) is 289 Å². The number of aliphatic hydroxyl groups excluding tert-OH is 9. The van der Waals surface area contributed by atoms with Gasteiger partial charge in [-0.25, -0.2) is 0 Å². The lowest BCUT2D eigenvalue weighted by atomic mass is 10.0. The molecule has 26 heteroatoms. The molecule has 0 aromatic rings. The third-order valence-electron chi connectivity index (χ3n) is 22.0. The van der Waals surface area contributed by atoms with Gasteiger partial charge >= 0.3 is 0 Å². The van der Waals surface area contributed by atoms with Gasteiger partial charge in [-0.1, -0.05) is 290 Å². The van der Waals surface area contributed by atoms with Gasteiger partial charge < -0.3 is 121 Å². The van der Waals surface area contributed by atoms with Crippen LogP contribution in [0, 0.1) is 0 Å². The number of hydrogen-bond donors (Lipinski definition) is 9. The SMILES string of the molecule is CCCCCCCCCCCCCCCCCC[N+](CCOCCO)(CCOCCO)CCOCCO.CCCCCCCCCCCCCCCCCC[N+](CCOCCO)(CCOCCO)CCOCCO.CCCCCCCCCCCCCCCCCC[N+](CCOCCO)(CCOCCO)CCOCCO.O=P([O-])([O-])[O-]. The second-order valence-electron chi connectivity index (χ2n) is 32.1. The van der Waals surface area contributed by atoms with E-state index in [0.29, 0.717) is 119 Å². The van der Waals surface area contributed by atoms with Crippen LogP contribution in [0.2, 0.25) is 0 Å². The number of unbranched alkanes of at least 4 members (excludes halogenated alkanes) is 45. The summed E-state index contributed by atoms with van der Waals surface area (Å²) in [5, 5.41) is 81.3. The smallest absolute Gasteiger partial charge is 0.103 e. The molecule has 0 atom stereocenters. The highest BCUT2D eigenvalue weighted by Gasteiger charge is 2.30. The van der Waals surface area contributed by atoms with Gasteiger partial charge in [-0.15, -0.1) is 0 Å². The van der Waals surface area contributed by atoms with Crippen molar-refractivity contribution in [2.24, 2.45) is 0 Å². The van der Waals surface area contributed by atoms with Crippen LogP contribution in [0.3, 0.4) is 0 Å². The van der Waals surface area contributed by atoms with E-state index in [0.717, 1.165) is 111 Å². The van der Waals surface area contributed by atoms with Crippen molar-refractivity contribution >= 4 is 7.82 Å². The summed E-state index contributed by atoms with van der Waals surface area (Å²) < 4.78 is 61.5. The van der Waals surface area contributed by atoms with Crippen LogP contribution in [-0.2, 0) is 47.2 Å². The Balaban J connectivity index is -0.000000786. The molecule has 0 spiro atoms. The van der Waals surface area contributed by atoms with Gasteiger partial charge in [0.05, 0.1) is 198 Å². The van der Waals surface area contributed by atoms with E-state index < -0.39 is 7.82 Å². The second kappa shape index (κ2) is 103. The molecule has 0 amide bonds. The maximum absolute atomic E-state index is 9.04. The largest absolute Gasteiger partial charge is 0.822 e. The Morgan fingerprint density at radius 2 is 0.267 bits per heavy atom. The van der Waals surface area contributed by atoms with E-state index in [1.807, 2.05) is 0 Å². The molecule has 0 saturated heterocycles. The number of phosphoric acid groups is 1. The zero-order chi connectivity index (χ0) is 85.9. The Kier molecular flexibility index (Phi) is 108. The van der Waals surface area contributed by atoms with E-state index in [1.54, 1.807) is 0 Å². The van der Waals surface area contributed by atoms with Gasteiger partial charge in [-0.05, 0) is 38.5 Å². The van der Waals surface area contributed by atoms with Crippen LogP contribution < -0.4 is 14.7 Å². The highest BCUT2D eigenvalue weighted by molar-refractivity contribution is 7.40. The van der Waals surface area contributed by atoms with Crippen molar-refractivity contribution in [1.29, 1.82) is 0 Å². The van der Waals surface area contributed by atoms with Crippen LogP contribution in [0.1, 0.15) is 329 Å². The van der Waals surface area contributed by atoms with Gasteiger partial charge in [-0.2, -0.15) is 7.82 Å². The molecule has 704 valence electrons. The molecule has 0 aliphatic rings. The molecular weight excluding hydrogens is 1510 g/mol. The molecule has 0 bridgehead atoms. The number of hydrogen-bond acceptors (Lipinski definition) is 22. The molecule has 0 aromatic carbocycles.